The van der Waals surface area contributed by atoms with Crippen molar-refractivity contribution in [2.45, 2.75) is 30.6 Å². The second-order valence-corrected chi connectivity index (χ2v) is 7.76. The molecule has 0 heterocycles. The van der Waals surface area contributed by atoms with Gasteiger partial charge in [0.25, 0.3) is 0 Å². The molecule has 0 aromatic heterocycles. The van der Waals surface area contributed by atoms with E-state index in [0.717, 1.165) is 17.0 Å². The van der Waals surface area contributed by atoms with Crippen molar-refractivity contribution in [3.63, 3.8) is 0 Å². The van der Waals surface area contributed by atoms with Crippen LogP contribution in [0, 0.1) is 0 Å². The first-order valence-corrected chi connectivity index (χ1v) is 9.06. The van der Waals surface area contributed by atoms with E-state index in [4.69, 9.17) is 8.37 Å². The van der Waals surface area contributed by atoms with E-state index < -0.39 is 11.1 Å². The Morgan fingerprint density at radius 2 is 2.14 bits per heavy atom. The molecule has 22 heavy (non-hydrogen) atoms. The number of benzene rings is 1. The minimum atomic E-state index is -1.24. The Hall–Kier alpha value is -0.820. The van der Waals surface area contributed by atoms with Crippen LogP contribution in [0.5, 0.6) is 0 Å². The fourth-order valence-corrected chi connectivity index (χ4v) is 3.13. The van der Waals surface area contributed by atoms with Gasteiger partial charge in [-0.3, -0.25) is 4.18 Å². The Balaban J connectivity index is 2.98. The molecule has 0 radical (unpaired) electrons. The highest BCUT2D eigenvalue weighted by Crippen LogP contribution is 2.36. The Kier molecular flexibility index (Phi) is 8.17. The highest BCUT2D eigenvalue weighted by Gasteiger charge is 2.23. The third-order valence-corrected chi connectivity index (χ3v) is 4.85. The van der Waals surface area contributed by atoms with Crippen LogP contribution in [-0.4, -0.2) is 30.7 Å². The summed E-state index contributed by atoms with van der Waals surface area (Å²) >= 11 is 0.100. The molecule has 4 nitrogen and oxygen atoms in total. The van der Waals surface area contributed by atoms with Crippen LogP contribution in [0.25, 0.3) is 0 Å². The molecule has 1 rings (SSSR count). The lowest BCUT2D eigenvalue weighted by Gasteiger charge is -2.27. The maximum Gasteiger partial charge on any atom is 0.156 e. The number of nitrogens with one attached hydrogen (secondary N) is 1. The van der Waals surface area contributed by atoms with Gasteiger partial charge in [-0.25, -0.2) is 4.21 Å². The molecular formula is C16H25NO3S2. The Bertz CT molecular complexity index is 518. The van der Waals surface area contributed by atoms with E-state index in [9.17, 15) is 4.21 Å². The second-order valence-electron chi connectivity index (χ2n) is 5.44. The number of hydrogen-bond acceptors (Lipinski definition) is 5. The molecular weight excluding hydrogens is 318 g/mol. The van der Waals surface area contributed by atoms with Gasteiger partial charge in [-0.1, -0.05) is 19.9 Å². The predicted octanol–water partition coefficient (Wildman–Crippen LogP) is 3.92. The molecule has 0 saturated carbocycles. The molecule has 0 saturated heterocycles. The fourth-order valence-electron chi connectivity index (χ4n) is 2.21. The van der Waals surface area contributed by atoms with Crippen molar-refractivity contribution in [2.75, 3.05) is 31.8 Å². The average Bonchev–Trinajstić information content (AvgIpc) is 2.48. The SMILES string of the molecule is C=CCC(C)(C)c1cc(SOC)ccc1NCCS(=O)OC. The summed E-state index contributed by atoms with van der Waals surface area (Å²) in [5, 5.41) is 3.35. The van der Waals surface area contributed by atoms with Crippen LogP contribution in [0.1, 0.15) is 25.8 Å². The summed E-state index contributed by atoms with van der Waals surface area (Å²) in [7, 11) is 3.11. The summed E-state index contributed by atoms with van der Waals surface area (Å²) in [5.74, 6) is 0.451. The molecule has 0 aliphatic heterocycles. The van der Waals surface area contributed by atoms with Crippen molar-refractivity contribution in [3.05, 3.63) is 36.4 Å². The Labute approximate surface area is 140 Å². The van der Waals surface area contributed by atoms with Gasteiger partial charge in [0.15, 0.2) is 11.1 Å². The number of allylic oxidation sites excluding steroid dienone is 1. The van der Waals surface area contributed by atoms with E-state index in [-0.39, 0.29) is 5.41 Å². The summed E-state index contributed by atoms with van der Waals surface area (Å²) in [4.78, 5) is 1.06. The largest absolute Gasteiger partial charge is 0.384 e. The first kappa shape index (κ1) is 19.2. The minimum Gasteiger partial charge on any atom is -0.384 e. The molecule has 1 atom stereocenters. The first-order valence-electron chi connectivity index (χ1n) is 7.07. The minimum absolute atomic E-state index is 0.0468. The zero-order chi connectivity index (χ0) is 16.6. The molecule has 1 unspecified atom stereocenters. The maximum atomic E-state index is 11.3. The molecule has 124 valence electrons. The van der Waals surface area contributed by atoms with Gasteiger partial charge in [0, 0.05) is 29.2 Å². The van der Waals surface area contributed by atoms with Crippen molar-refractivity contribution < 1.29 is 12.6 Å². The average molecular weight is 344 g/mol. The zero-order valence-corrected chi connectivity index (χ0v) is 15.3. The van der Waals surface area contributed by atoms with Crippen molar-refractivity contribution in [3.8, 4) is 0 Å². The molecule has 0 bridgehead atoms. The van der Waals surface area contributed by atoms with Gasteiger partial charge in [-0.15, -0.1) is 6.58 Å². The Morgan fingerprint density at radius 3 is 2.73 bits per heavy atom. The lowest BCUT2D eigenvalue weighted by Crippen LogP contribution is -2.20. The highest BCUT2D eigenvalue weighted by atomic mass is 32.2. The van der Waals surface area contributed by atoms with Crippen LogP contribution in [0.4, 0.5) is 5.69 Å². The van der Waals surface area contributed by atoms with Gasteiger partial charge < -0.3 is 9.50 Å². The van der Waals surface area contributed by atoms with Gasteiger partial charge >= 0.3 is 0 Å². The normalized spacial score (nSPS) is 12.9. The molecule has 0 aliphatic carbocycles. The summed E-state index contributed by atoms with van der Waals surface area (Å²) in [6, 6.07) is 6.18. The maximum absolute atomic E-state index is 11.3. The van der Waals surface area contributed by atoms with Crippen molar-refractivity contribution in [1.29, 1.82) is 0 Å². The monoisotopic (exact) mass is 343 g/mol. The smallest absolute Gasteiger partial charge is 0.156 e. The van der Waals surface area contributed by atoms with E-state index in [2.05, 4.69) is 31.8 Å². The van der Waals surface area contributed by atoms with Crippen LogP contribution in [0.2, 0.25) is 0 Å². The molecule has 0 aliphatic rings. The van der Waals surface area contributed by atoms with Crippen molar-refractivity contribution >= 4 is 28.8 Å². The number of rotatable bonds is 10. The van der Waals surface area contributed by atoms with E-state index >= 15 is 0 Å². The lowest BCUT2D eigenvalue weighted by molar-refractivity contribution is 0.446. The van der Waals surface area contributed by atoms with Crippen LogP contribution in [-0.2, 0) is 24.9 Å². The second kappa shape index (κ2) is 9.35. The topological polar surface area (TPSA) is 47.6 Å². The van der Waals surface area contributed by atoms with Gasteiger partial charge in [0.1, 0.15) is 0 Å². The van der Waals surface area contributed by atoms with Crippen LogP contribution in [0.3, 0.4) is 0 Å². The summed E-state index contributed by atoms with van der Waals surface area (Å²) in [5.41, 5.74) is 2.19. The first-order chi connectivity index (χ1) is 10.4. The molecule has 1 aromatic rings. The Morgan fingerprint density at radius 1 is 1.41 bits per heavy atom. The molecule has 0 amide bonds. The molecule has 1 aromatic carbocycles. The van der Waals surface area contributed by atoms with E-state index in [1.165, 1.54) is 24.7 Å². The predicted molar refractivity (Wildman–Crippen MR) is 95.7 cm³/mol. The lowest BCUT2D eigenvalue weighted by atomic mass is 9.80. The molecule has 0 spiro atoms. The van der Waals surface area contributed by atoms with Gasteiger partial charge in [-0.2, -0.15) is 0 Å². The van der Waals surface area contributed by atoms with Crippen LogP contribution < -0.4 is 5.32 Å². The number of anilines is 1. The summed E-state index contributed by atoms with van der Waals surface area (Å²) < 4.78 is 21.3. The van der Waals surface area contributed by atoms with E-state index in [0.29, 0.717) is 12.3 Å². The van der Waals surface area contributed by atoms with Gasteiger partial charge in [0.05, 0.1) is 20.0 Å². The van der Waals surface area contributed by atoms with Crippen LogP contribution in [0.15, 0.2) is 35.7 Å². The molecule has 1 N–H and O–H groups in total. The number of hydrogen-bond donors (Lipinski definition) is 1. The van der Waals surface area contributed by atoms with E-state index in [1.807, 2.05) is 18.2 Å². The highest BCUT2D eigenvalue weighted by molar-refractivity contribution is 7.94. The zero-order valence-electron chi connectivity index (χ0n) is 13.7. The molecule has 6 heteroatoms. The van der Waals surface area contributed by atoms with Crippen molar-refractivity contribution in [1.82, 2.24) is 0 Å². The van der Waals surface area contributed by atoms with Crippen LogP contribution >= 0.6 is 12.0 Å². The fraction of sp³-hybridized carbons (Fsp3) is 0.500. The van der Waals surface area contributed by atoms with Gasteiger partial charge in [0.2, 0.25) is 0 Å². The van der Waals surface area contributed by atoms with Gasteiger partial charge in [-0.05, 0) is 35.6 Å². The summed E-state index contributed by atoms with van der Waals surface area (Å²) in [6.07, 6.45) is 2.80. The van der Waals surface area contributed by atoms with Crippen molar-refractivity contribution in [2.24, 2.45) is 0 Å². The quantitative estimate of drug-likeness (QED) is 0.515. The summed E-state index contributed by atoms with van der Waals surface area (Å²) in [6.45, 7) is 8.81. The molecule has 0 fully saturated rings. The van der Waals surface area contributed by atoms with E-state index in [1.54, 1.807) is 7.11 Å². The third-order valence-electron chi connectivity index (χ3n) is 3.32. The third kappa shape index (κ3) is 5.76. The standard InChI is InChI=1S/C16H25NO3S2/c1-6-9-16(2,3)14-12-13(21-19-4)7-8-15(14)17-10-11-22(18)20-5/h6-8,12,17H,1,9-11H2,2-5H3.